The van der Waals surface area contributed by atoms with Gasteiger partial charge in [0.25, 0.3) is 5.91 Å². The van der Waals surface area contributed by atoms with E-state index in [2.05, 4.69) is 26.6 Å². The van der Waals surface area contributed by atoms with E-state index in [-0.39, 0.29) is 12.5 Å². The summed E-state index contributed by atoms with van der Waals surface area (Å²) in [5.41, 5.74) is 1.45. The molecule has 2 amide bonds. The second kappa shape index (κ2) is 9.79. The van der Waals surface area contributed by atoms with Crippen LogP contribution in [0.1, 0.15) is 10.4 Å². The first kappa shape index (κ1) is 19.7. The molecule has 8 heteroatoms. The fraction of sp³-hybridized carbons (Fsp3) is 0.222. The summed E-state index contributed by atoms with van der Waals surface area (Å²) >= 11 is 3.35. The molecule has 0 aromatic heterocycles. The van der Waals surface area contributed by atoms with E-state index in [1.165, 1.54) is 14.2 Å². The molecule has 0 heterocycles. The maximum Gasteiger partial charge on any atom is 0.411 e. The second-order valence-corrected chi connectivity index (χ2v) is 5.99. The van der Waals surface area contributed by atoms with E-state index in [4.69, 9.17) is 14.2 Å². The number of ether oxygens (including phenoxy) is 3. The summed E-state index contributed by atoms with van der Waals surface area (Å²) in [6, 6.07) is 11.9. The van der Waals surface area contributed by atoms with Gasteiger partial charge in [0.2, 0.25) is 0 Å². The maximum absolute atomic E-state index is 12.5. The largest absolute Gasteiger partial charge is 0.497 e. The number of carbonyl (C=O) groups excluding carboxylic acids is 2. The van der Waals surface area contributed by atoms with Crippen LogP contribution in [0.15, 0.2) is 46.9 Å². The van der Waals surface area contributed by atoms with Gasteiger partial charge >= 0.3 is 6.09 Å². The van der Waals surface area contributed by atoms with Crippen molar-refractivity contribution in [2.45, 2.75) is 0 Å². The van der Waals surface area contributed by atoms with Gasteiger partial charge in [0.05, 0.1) is 19.3 Å². The molecule has 0 saturated carbocycles. The minimum atomic E-state index is -0.596. The SMILES string of the molecule is COCCOC(=O)Nc1cccc(NC(=O)c2cc(OC)ccc2Br)c1. The molecule has 2 rings (SSSR count). The standard InChI is InChI=1S/C18H19BrN2O5/c1-24-8-9-26-18(23)21-13-5-3-4-12(10-13)20-17(22)15-11-14(25-2)6-7-16(15)19/h3-7,10-11H,8-9H2,1-2H3,(H,20,22)(H,21,23). The number of methoxy groups -OCH3 is 2. The summed E-state index contributed by atoms with van der Waals surface area (Å²) in [6.07, 6.45) is -0.596. The average Bonchev–Trinajstić information content (AvgIpc) is 2.62. The quantitative estimate of drug-likeness (QED) is 0.660. The van der Waals surface area contributed by atoms with Crippen LogP contribution in [0.4, 0.5) is 16.2 Å². The summed E-state index contributed by atoms with van der Waals surface area (Å²) in [7, 11) is 3.06. The summed E-state index contributed by atoms with van der Waals surface area (Å²) in [4.78, 5) is 24.1. The number of anilines is 2. The zero-order valence-corrected chi connectivity index (χ0v) is 16.0. The van der Waals surface area contributed by atoms with Crippen LogP contribution in [-0.4, -0.2) is 39.4 Å². The average molecular weight is 423 g/mol. The number of halogens is 1. The van der Waals surface area contributed by atoms with Gasteiger partial charge in [-0.1, -0.05) is 6.07 Å². The summed E-state index contributed by atoms with van der Waals surface area (Å²) in [5, 5.41) is 5.37. The lowest BCUT2D eigenvalue weighted by Gasteiger charge is -2.11. The topological polar surface area (TPSA) is 85.9 Å². The van der Waals surface area contributed by atoms with Crippen molar-refractivity contribution in [1.82, 2.24) is 0 Å². The van der Waals surface area contributed by atoms with Crippen molar-refractivity contribution in [2.24, 2.45) is 0 Å². The van der Waals surface area contributed by atoms with Crippen molar-refractivity contribution in [1.29, 1.82) is 0 Å². The predicted molar refractivity (Wildman–Crippen MR) is 102 cm³/mol. The summed E-state index contributed by atoms with van der Waals surface area (Å²) in [5.74, 6) is 0.267. The molecule has 0 radical (unpaired) electrons. The van der Waals surface area contributed by atoms with Crippen LogP contribution in [0.5, 0.6) is 5.75 Å². The Morgan fingerprint density at radius 3 is 2.42 bits per heavy atom. The number of hydrogen-bond acceptors (Lipinski definition) is 5. The van der Waals surface area contributed by atoms with Gasteiger partial charge in [-0.2, -0.15) is 0 Å². The molecule has 0 bridgehead atoms. The fourth-order valence-electron chi connectivity index (χ4n) is 2.05. The van der Waals surface area contributed by atoms with E-state index < -0.39 is 6.09 Å². The van der Waals surface area contributed by atoms with Crippen molar-refractivity contribution in [3.8, 4) is 5.75 Å². The Labute approximate surface area is 159 Å². The number of amides is 2. The Bertz CT molecular complexity index is 782. The summed E-state index contributed by atoms with van der Waals surface area (Å²) in [6.45, 7) is 0.474. The van der Waals surface area contributed by atoms with Crippen LogP contribution in [0, 0.1) is 0 Å². The van der Waals surface area contributed by atoms with E-state index in [1.807, 2.05) is 0 Å². The third-order valence-corrected chi connectivity index (χ3v) is 4.00. The van der Waals surface area contributed by atoms with Gasteiger partial charge in [-0.05, 0) is 52.3 Å². The first-order valence-electron chi connectivity index (χ1n) is 7.71. The van der Waals surface area contributed by atoms with Gasteiger partial charge in [0.1, 0.15) is 12.4 Å². The van der Waals surface area contributed by atoms with E-state index in [9.17, 15) is 9.59 Å². The lowest BCUT2D eigenvalue weighted by molar-refractivity contribution is 0.102. The first-order chi connectivity index (χ1) is 12.5. The molecule has 138 valence electrons. The normalized spacial score (nSPS) is 10.1. The third-order valence-electron chi connectivity index (χ3n) is 3.31. The molecule has 0 unspecified atom stereocenters. The Morgan fingerprint density at radius 1 is 1.00 bits per heavy atom. The van der Waals surface area contributed by atoms with Crippen LogP contribution in [0.3, 0.4) is 0 Å². The highest BCUT2D eigenvalue weighted by molar-refractivity contribution is 9.10. The highest BCUT2D eigenvalue weighted by atomic mass is 79.9. The second-order valence-electron chi connectivity index (χ2n) is 5.13. The van der Waals surface area contributed by atoms with Gasteiger partial charge in [-0.25, -0.2) is 4.79 Å². The van der Waals surface area contributed by atoms with Crippen LogP contribution >= 0.6 is 15.9 Å². The zero-order valence-electron chi connectivity index (χ0n) is 14.4. The molecule has 0 aliphatic rings. The molecule has 0 fully saturated rings. The lowest BCUT2D eigenvalue weighted by atomic mass is 10.2. The van der Waals surface area contributed by atoms with Crippen LogP contribution in [0.2, 0.25) is 0 Å². The summed E-state index contributed by atoms with van der Waals surface area (Å²) < 4.78 is 15.5. The van der Waals surface area contributed by atoms with E-state index in [1.54, 1.807) is 42.5 Å². The van der Waals surface area contributed by atoms with E-state index >= 15 is 0 Å². The highest BCUT2D eigenvalue weighted by Gasteiger charge is 2.12. The number of carbonyl (C=O) groups is 2. The third kappa shape index (κ3) is 5.75. The van der Waals surface area contributed by atoms with E-state index in [0.717, 1.165) is 0 Å². The lowest BCUT2D eigenvalue weighted by Crippen LogP contribution is -2.17. The Morgan fingerprint density at radius 2 is 1.73 bits per heavy atom. The Hall–Kier alpha value is -2.58. The molecule has 2 aromatic rings. The molecule has 0 aliphatic heterocycles. The van der Waals surface area contributed by atoms with Crippen LogP contribution < -0.4 is 15.4 Å². The number of benzene rings is 2. The molecular weight excluding hydrogens is 404 g/mol. The van der Waals surface area contributed by atoms with Crippen LogP contribution in [0.25, 0.3) is 0 Å². The fourth-order valence-corrected chi connectivity index (χ4v) is 2.48. The van der Waals surface area contributed by atoms with Gasteiger partial charge in [0, 0.05) is 23.0 Å². The Kier molecular flexibility index (Phi) is 7.43. The smallest absolute Gasteiger partial charge is 0.411 e. The monoisotopic (exact) mass is 422 g/mol. The molecule has 2 aromatic carbocycles. The minimum absolute atomic E-state index is 0.155. The van der Waals surface area contributed by atoms with Crippen molar-refractivity contribution >= 4 is 39.3 Å². The molecule has 0 atom stereocenters. The van der Waals surface area contributed by atoms with Gasteiger partial charge in [-0.15, -0.1) is 0 Å². The zero-order chi connectivity index (χ0) is 18.9. The predicted octanol–water partition coefficient (Wildman–Crippen LogP) is 3.90. The van der Waals surface area contributed by atoms with Crippen molar-refractivity contribution in [3.63, 3.8) is 0 Å². The molecular formula is C18H19BrN2O5. The van der Waals surface area contributed by atoms with Crippen LogP contribution in [-0.2, 0) is 9.47 Å². The van der Waals surface area contributed by atoms with Gasteiger partial charge in [-0.3, -0.25) is 10.1 Å². The van der Waals surface area contributed by atoms with Gasteiger partial charge < -0.3 is 19.5 Å². The van der Waals surface area contributed by atoms with Crippen molar-refractivity contribution in [2.75, 3.05) is 38.1 Å². The highest BCUT2D eigenvalue weighted by Crippen LogP contribution is 2.24. The molecule has 0 saturated heterocycles. The van der Waals surface area contributed by atoms with Crippen molar-refractivity contribution < 1.29 is 23.8 Å². The molecule has 7 nitrogen and oxygen atoms in total. The number of nitrogens with one attached hydrogen (secondary N) is 2. The molecule has 26 heavy (non-hydrogen) atoms. The Balaban J connectivity index is 2.04. The molecule has 2 N–H and O–H groups in total. The van der Waals surface area contributed by atoms with E-state index in [0.29, 0.717) is 33.8 Å². The molecule has 0 aliphatic carbocycles. The van der Waals surface area contributed by atoms with Crippen molar-refractivity contribution in [3.05, 3.63) is 52.5 Å². The van der Waals surface area contributed by atoms with Gasteiger partial charge in [0.15, 0.2) is 0 Å². The number of rotatable bonds is 7. The first-order valence-corrected chi connectivity index (χ1v) is 8.50. The molecule has 0 spiro atoms. The minimum Gasteiger partial charge on any atom is -0.497 e. The number of hydrogen-bond donors (Lipinski definition) is 2. The maximum atomic E-state index is 12.5.